The number of nitrogens with one attached hydrogen (secondary N) is 1. The Morgan fingerprint density at radius 1 is 0.897 bits per heavy atom. The molecule has 0 aromatic heterocycles. The van der Waals surface area contributed by atoms with E-state index < -0.39 is 28.5 Å². The molecule has 1 atom stereocenters. The van der Waals surface area contributed by atoms with Crippen LogP contribution in [0.3, 0.4) is 0 Å². The van der Waals surface area contributed by atoms with E-state index in [2.05, 4.69) is 5.32 Å². The van der Waals surface area contributed by atoms with Crippen molar-refractivity contribution in [2.24, 2.45) is 0 Å². The Labute approximate surface area is 232 Å². The lowest BCUT2D eigenvalue weighted by atomic mass is 10.0. The second-order valence-electron chi connectivity index (χ2n) is 10.0. The molecule has 0 unspecified atom stereocenters. The third kappa shape index (κ3) is 8.17. The van der Waals surface area contributed by atoms with Crippen LogP contribution in [0.15, 0.2) is 72.8 Å². The number of hydrogen-bond acceptors (Lipinski definition) is 4. The van der Waals surface area contributed by atoms with Crippen LogP contribution in [0.5, 0.6) is 0 Å². The van der Waals surface area contributed by atoms with Gasteiger partial charge >= 0.3 is 0 Å². The predicted octanol–water partition coefficient (Wildman–Crippen LogP) is 4.54. The molecule has 3 rings (SSSR count). The van der Waals surface area contributed by atoms with Crippen molar-refractivity contribution in [2.45, 2.75) is 53.1 Å². The molecule has 2 amide bonds. The lowest BCUT2D eigenvalue weighted by molar-refractivity contribution is -0.140. The van der Waals surface area contributed by atoms with E-state index in [1.165, 1.54) is 4.90 Å². The van der Waals surface area contributed by atoms with E-state index >= 15 is 0 Å². The Morgan fingerprint density at radius 3 is 2.18 bits per heavy atom. The fraction of sp³-hybridized carbons (Fsp3) is 0.355. The van der Waals surface area contributed by atoms with Crippen LogP contribution in [0.1, 0.15) is 41.2 Å². The van der Waals surface area contributed by atoms with Crippen molar-refractivity contribution in [3.05, 3.63) is 101 Å². The molecule has 39 heavy (non-hydrogen) atoms. The summed E-state index contributed by atoms with van der Waals surface area (Å²) in [6, 6.07) is 21.9. The van der Waals surface area contributed by atoms with Gasteiger partial charge in [-0.2, -0.15) is 0 Å². The number of carbonyl (C=O) groups is 2. The molecule has 0 radical (unpaired) electrons. The van der Waals surface area contributed by atoms with Crippen LogP contribution < -0.4 is 9.62 Å². The molecule has 7 nitrogen and oxygen atoms in total. The number of carbonyl (C=O) groups excluding carboxylic acids is 2. The van der Waals surface area contributed by atoms with Crippen molar-refractivity contribution in [1.29, 1.82) is 0 Å². The molecular formula is C31H39N3O4S. The van der Waals surface area contributed by atoms with E-state index in [9.17, 15) is 18.0 Å². The van der Waals surface area contributed by atoms with E-state index in [0.717, 1.165) is 44.8 Å². The maximum absolute atomic E-state index is 14.1. The highest BCUT2D eigenvalue weighted by molar-refractivity contribution is 7.92. The highest BCUT2D eigenvalue weighted by Gasteiger charge is 2.33. The van der Waals surface area contributed by atoms with Crippen molar-refractivity contribution in [1.82, 2.24) is 10.2 Å². The molecule has 1 N–H and O–H groups in total. The molecule has 0 saturated heterocycles. The number of benzene rings is 3. The van der Waals surface area contributed by atoms with Crippen molar-refractivity contribution in [3.8, 4) is 0 Å². The lowest BCUT2D eigenvalue weighted by Gasteiger charge is -2.34. The minimum absolute atomic E-state index is 0.174. The summed E-state index contributed by atoms with van der Waals surface area (Å²) >= 11 is 0. The summed E-state index contributed by atoms with van der Waals surface area (Å²) < 4.78 is 27.0. The highest BCUT2D eigenvalue weighted by atomic mass is 32.2. The summed E-state index contributed by atoms with van der Waals surface area (Å²) in [4.78, 5) is 29.2. The van der Waals surface area contributed by atoms with Gasteiger partial charge in [0.2, 0.25) is 21.8 Å². The summed E-state index contributed by atoms with van der Waals surface area (Å²) in [6.07, 6.45) is 2.15. The van der Waals surface area contributed by atoms with Crippen LogP contribution in [-0.4, -0.2) is 50.5 Å². The monoisotopic (exact) mass is 549 g/mol. The van der Waals surface area contributed by atoms with Gasteiger partial charge < -0.3 is 10.2 Å². The largest absolute Gasteiger partial charge is 0.354 e. The third-order valence-corrected chi connectivity index (χ3v) is 7.85. The van der Waals surface area contributed by atoms with Gasteiger partial charge in [-0.15, -0.1) is 0 Å². The lowest BCUT2D eigenvalue weighted by Crippen LogP contribution is -2.53. The van der Waals surface area contributed by atoms with Crippen molar-refractivity contribution in [3.63, 3.8) is 0 Å². The van der Waals surface area contributed by atoms with Crippen LogP contribution in [0, 0.1) is 20.8 Å². The van der Waals surface area contributed by atoms with E-state index in [1.807, 2.05) is 94.4 Å². The van der Waals surface area contributed by atoms with E-state index in [-0.39, 0.29) is 12.5 Å². The quantitative estimate of drug-likeness (QED) is 0.359. The number of nitrogens with zero attached hydrogens (tertiary/aromatic N) is 2. The minimum Gasteiger partial charge on any atom is -0.354 e. The molecule has 208 valence electrons. The first kappa shape index (κ1) is 29.9. The maximum atomic E-state index is 14.1. The van der Waals surface area contributed by atoms with E-state index in [4.69, 9.17) is 0 Å². The normalized spacial score (nSPS) is 12.0. The molecule has 0 fully saturated rings. The Hall–Kier alpha value is -3.65. The molecule has 0 spiro atoms. The average Bonchev–Trinajstić information content (AvgIpc) is 2.89. The molecule has 0 aliphatic heterocycles. The topological polar surface area (TPSA) is 86.8 Å². The number of anilines is 1. The smallest absolute Gasteiger partial charge is 0.244 e. The van der Waals surface area contributed by atoms with Crippen LogP contribution in [0.2, 0.25) is 0 Å². The molecule has 3 aromatic rings. The first-order chi connectivity index (χ1) is 18.5. The Bertz CT molecular complexity index is 1390. The summed E-state index contributed by atoms with van der Waals surface area (Å²) in [5.74, 6) is -0.712. The summed E-state index contributed by atoms with van der Waals surface area (Å²) in [5, 5.41) is 2.95. The number of sulfonamides is 1. The molecule has 0 aliphatic rings. The van der Waals surface area contributed by atoms with Crippen molar-refractivity contribution < 1.29 is 18.0 Å². The van der Waals surface area contributed by atoms with Gasteiger partial charge in [-0.3, -0.25) is 13.9 Å². The second kappa shape index (κ2) is 13.4. The van der Waals surface area contributed by atoms with Gasteiger partial charge in [0.05, 0.1) is 11.9 Å². The average molecular weight is 550 g/mol. The molecule has 0 saturated carbocycles. The summed E-state index contributed by atoms with van der Waals surface area (Å²) in [6.45, 7) is 7.92. The Morgan fingerprint density at radius 2 is 1.56 bits per heavy atom. The third-order valence-electron chi connectivity index (χ3n) is 6.72. The molecule has 0 bridgehead atoms. The SMILES string of the molecule is CCCNC(=O)[C@@H](Cc1ccccc1)N(Cc1ccccc1C)C(=O)CN(c1ccc(C)cc1C)S(C)(=O)=O. The minimum atomic E-state index is -3.80. The van der Waals surface area contributed by atoms with Crippen LogP contribution in [-0.2, 0) is 32.6 Å². The zero-order valence-electron chi connectivity index (χ0n) is 23.5. The zero-order valence-corrected chi connectivity index (χ0v) is 24.3. The van der Waals surface area contributed by atoms with Crippen LogP contribution >= 0.6 is 0 Å². The van der Waals surface area contributed by atoms with Gasteiger partial charge in [-0.25, -0.2) is 8.42 Å². The fourth-order valence-corrected chi connectivity index (χ4v) is 5.48. The van der Waals surface area contributed by atoms with Gasteiger partial charge in [0, 0.05) is 19.5 Å². The molecule has 8 heteroatoms. The summed E-state index contributed by atoms with van der Waals surface area (Å²) in [5.41, 5.74) is 4.98. The maximum Gasteiger partial charge on any atom is 0.244 e. The van der Waals surface area contributed by atoms with Gasteiger partial charge in [-0.05, 0) is 55.5 Å². The van der Waals surface area contributed by atoms with Crippen LogP contribution in [0.25, 0.3) is 0 Å². The van der Waals surface area contributed by atoms with Crippen molar-refractivity contribution in [2.75, 3.05) is 23.7 Å². The van der Waals surface area contributed by atoms with Crippen LogP contribution in [0.4, 0.5) is 5.69 Å². The number of aryl methyl sites for hydroxylation is 3. The van der Waals surface area contributed by atoms with E-state index in [0.29, 0.717) is 18.7 Å². The Balaban J connectivity index is 2.07. The Kier molecular flexibility index (Phi) is 10.3. The fourth-order valence-electron chi connectivity index (χ4n) is 4.57. The second-order valence-corrected chi connectivity index (χ2v) is 11.9. The van der Waals surface area contributed by atoms with Gasteiger partial charge in [0.15, 0.2) is 0 Å². The number of amides is 2. The number of rotatable bonds is 12. The van der Waals surface area contributed by atoms with E-state index in [1.54, 1.807) is 6.07 Å². The first-order valence-electron chi connectivity index (χ1n) is 13.2. The van der Waals surface area contributed by atoms with Gasteiger partial charge in [-0.1, -0.05) is 79.2 Å². The highest BCUT2D eigenvalue weighted by Crippen LogP contribution is 2.25. The van der Waals surface area contributed by atoms with Crippen molar-refractivity contribution >= 4 is 27.5 Å². The molecule has 3 aromatic carbocycles. The first-order valence-corrected chi connectivity index (χ1v) is 15.1. The zero-order chi connectivity index (χ0) is 28.6. The predicted molar refractivity (Wildman–Crippen MR) is 157 cm³/mol. The van der Waals surface area contributed by atoms with Gasteiger partial charge in [0.25, 0.3) is 0 Å². The molecule has 0 heterocycles. The molecule has 0 aliphatic carbocycles. The summed E-state index contributed by atoms with van der Waals surface area (Å²) in [7, 11) is -3.80. The number of hydrogen-bond donors (Lipinski definition) is 1. The van der Waals surface area contributed by atoms with Gasteiger partial charge in [0.1, 0.15) is 12.6 Å². The molecular weight excluding hydrogens is 510 g/mol. The standard InChI is InChI=1S/C31H39N3O4S/c1-6-18-32-31(36)29(20-26-13-8-7-9-14-26)33(21-27-15-11-10-12-24(27)3)30(35)22-34(39(5,37)38)28-17-16-23(2)19-25(28)4/h7-17,19,29H,6,18,20-22H2,1-5H3,(H,32,36)/t29-/m1/s1.